The number of rotatable bonds is 7. The second-order valence-electron chi connectivity index (χ2n) is 7.06. The molecule has 1 amide bonds. The molecule has 0 aliphatic rings. The molecule has 164 valence electrons. The van der Waals surface area contributed by atoms with Gasteiger partial charge in [0.2, 0.25) is 10.0 Å². The molecule has 3 aromatic rings. The van der Waals surface area contributed by atoms with Gasteiger partial charge < -0.3 is 14.6 Å². The van der Waals surface area contributed by atoms with E-state index in [4.69, 9.17) is 9.88 Å². The fourth-order valence-corrected chi connectivity index (χ4v) is 4.27. The molecular formula is C21H23N3O5S2. The van der Waals surface area contributed by atoms with Crippen molar-refractivity contribution in [2.75, 3.05) is 5.32 Å². The molecule has 3 rings (SSSR count). The molecule has 0 saturated heterocycles. The lowest BCUT2D eigenvalue weighted by molar-refractivity contribution is -0.123. The van der Waals surface area contributed by atoms with E-state index in [1.54, 1.807) is 17.4 Å². The first-order chi connectivity index (χ1) is 14.6. The molecule has 0 bridgehead atoms. The Morgan fingerprint density at radius 1 is 1.19 bits per heavy atom. The van der Waals surface area contributed by atoms with Crippen LogP contribution in [-0.2, 0) is 26.1 Å². The number of benzene rings is 1. The lowest BCUT2D eigenvalue weighted by Crippen LogP contribution is -2.30. The Hall–Kier alpha value is -2.95. The molecule has 8 nitrogen and oxygen atoms in total. The highest BCUT2D eigenvalue weighted by Gasteiger charge is 2.23. The van der Waals surface area contributed by atoms with Gasteiger partial charge in [-0.05, 0) is 62.5 Å². The number of nitrogens with two attached hydrogens (primary N) is 1. The number of hydrogen-bond donors (Lipinski definition) is 2. The van der Waals surface area contributed by atoms with Crippen molar-refractivity contribution in [3.8, 4) is 0 Å². The summed E-state index contributed by atoms with van der Waals surface area (Å²) in [5, 5.41) is 9.64. The summed E-state index contributed by atoms with van der Waals surface area (Å²) >= 11 is 1.64. The number of nitrogens with zero attached hydrogens (tertiary/aromatic N) is 1. The zero-order valence-corrected chi connectivity index (χ0v) is 18.9. The van der Waals surface area contributed by atoms with Crippen LogP contribution < -0.4 is 10.5 Å². The van der Waals surface area contributed by atoms with Gasteiger partial charge in [0.15, 0.2) is 6.10 Å². The third-order valence-corrected chi connectivity index (χ3v) is 6.58. The van der Waals surface area contributed by atoms with Crippen molar-refractivity contribution in [1.29, 1.82) is 0 Å². The van der Waals surface area contributed by atoms with Gasteiger partial charge in [0.25, 0.3) is 5.91 Å². The average Bonchev–Trinajstić information content (AvgIpc) is 3.31. The number of anilines is 1. The lowest BCUT2D eigenvalue weighted by atomic mass is 10.2. The maximum atomic E-state index is 12.7. The van der Waals surface area contributed by atoms with E-state index < -0.39 is 28.0 Å². The lowest BCUT2D eigenvalue weighted by Gasteiger charge is -2.14. The minimum Gasteiger partial charge on any atom is -0.449 e. The van der Waals surface area contributed by atoms with Crippen molar-refractivity contribution in [3.05, 3.63) is 69.7 Å². The molecular weight excluding hydrogens is 438 g/mol. The maximum Gasteiger partial charge on any atom is 0.340 e. The Morgan fingerprint density at radius 2 is 1.87 bits per heavy atom. The number of aryl methyl sites for hydroxylation is 1. The number of ether oxygens (including phenoxy) is 1. The van der Waals surface area contributed by atoms with Crippen LogP contribution in [0, 0.1) is 13.8 Å². The van der Waals surface area contributed by atoms with Crippen LogP contribution in [0.3, 0.4) is 0 Å². The van der Waals surface area contributed by atoms with E-state index >= 15 is 0 Å². The van der Waals surface area contributed by atoms with Crippen LogP contribution in [-0.4, -0.2) is 31.0 Å². The number of carbonyl (C=O) groups excluding carboxylic acids is 2. The Morgan fingerprint density at radius 3 is 2.45 bits per heavy atom. The van der Waals surface area contributed by atoms with Crippen LogP contribution in [0.25, 0.3) is 0 Å². The highest BCUT2D eigenvalue weighted by atomic mass is 32.2. The molecule has 0 aliphatic carbocycles. The molecule has 10 heteroatoms. The van der Waals surface area contributed by atoms with Crippen molar-refractivity contribution in [2.45, 2.75) is 38.3 Å². The quantitative estimate of drug-likeness (QED) is 0.524. The second kappa shape index (κ2) is 9.04. The summed E-state index contributed by atoms with van der Waals surface area (Å²) in [5.74, 6) is -1.12. The number of esters is 1. The van der Waals surface area contributed by atoms with Gasteiger partial charge in [-0.25, -0.2) is 18.4 Å². The van der Waals surface area contributed by atoms with E-state index in [-0.39, 0.29) is 4.90 Å². The number of aromatic nitrogens is 1. The fourth-order valence-electron chi connectivity index (χ4n) is 3.06. The van der Waals surface area contributed by atoms with Crippen LogP contribution in [0.1, 0.15) is 33.5 Å². The number of carbonyl (C=O) groups is 2. The summed E-state index contributed by atoms with van der Waals surface area (Å²) in [6.07, 6.45) is -1.05. The predicted molar refractivity (Wildman–Crippen MR) is 119 cm³/mol. The first kappa shape index (κ1) is 22.7. The molecule has 1 atom stereocenters. The van der Waals surface area contributed by atoms with E-state index in [2.05, 4.69) is 5.32 Å². The van der Waals surface area contributed by atoms with Crippen LogP contribution in [0.4, 0.5) is 5.69 Å². The molecule has 2 aromatic heterocycles. The fraction of sp³-hybridized carbons (Fsp3) is 0.238. The van der Waals surface area contributed by atoms with Crippen LogP contribution in [0.15, 0.2) is 52.7 Å². The number of nitrogens with one attached hydrogen (secondary N) is 1. The Bertz CT molecular complexity index is 1200. The van der Waals surface area contributed by atoms with Crippen LogP contribution in [0.5, 0.6) is 0 Å². The van der Waals surface area contributed by atoms with Gasteiger partial charge in [-0.1, -0.05) is 6.07 Å². The van der Waals surface area contributed by atoms with Gasteiger partial charge in [-0.2, -0.15) is 0 Å². The zero-order chi connectivity index (χ0) is 22.8. The van der Waals surface area contributed by atoms with Crippen molar-refractivity contribution in [1.82, 2.24) is 4.57 Å². The summed E-state index contributed by atoms with van der Waals surface area (Å²) < 4.78 is 30.0. The van der Waals surface area contributed by atoms with E-state index in [0.717, 1.165) is 11.4 Å². The summed E-state index contributed by atoms with van der Waals surface area (Å²) in [6, 6.07) is 11.1. The Labute approximate surface area is 184 Å². The highest BCUT2D eigenvalue weighted by Crippen LogP contribution is 2.21. The average molecular weight is 462 g/mol. The monoisotopic (exact) mass is 461 g/mol. The van der Waals surface area contributed by atoms with Gasteiger partial charge >= 0.3 is 5.97 Å². The maximum absolute atomic E-state index is 12.7. The predicted octanol–water partition coefficient (Wildman–Crippen LogP) is 3.05. The Balaban J connectivity index is 1.65. The highest BCUT2D eigenvalue weighted by molar-refractivity contribution is 7.89. The van der Waals surface area contributed by atoms with Gasteiger partial charge in [-0.15, -0.1) is 11.3 Å². The van der Waals surface area contributed by atoms with Crippen LogP contribution >= 0.6 is 11.3 Å². The van der Waals surface area contributed by atoms with Crippen LogP contribution in [0.2, 0.25) is 0 Å². The van der Waals surface area contributed by atoms with Crippen molar-refractivity contribution in [2.24, 2.45) is 5.14 Å². The van der Waals surface area contributed by atoms with Gasteiger partial charge in [0, 0.05) is 22.0 Å². The van der Waals surface area contributed by atoms with Gasteiger partial charge in [0.1, 0.15) is 0 Å². The molecule has 31 heavy (non-hydrogen) atoms. The number of hydrogen-bond acceptors (Lipinski definition) is 6. The molecule has 2 heterocycles. The van der Waals surface area contributed by atoms with E-state index in [9.17, 15) is 18.0 Å². The molecule has 0 aliphatic heterocycles. The second-order valence-corrected chi connectivity index (χ2v) is 9.65. The molecule has 0 spiro atoms. The van der Waals surface area contributed by atoms with Gasteiger partial charge in [0.05, 0.1) is 17.0 Å². The number of thiophene rings is 1. The van der Waals surface area contributed by atoms with Gasteiger partial charge in [-0.3, -0.25) is 4.79 Å². The zero-order valence-electron chi connectivity index (χ0n) is 17.3. The third kappa shape index (κ3) is 5.40. The van der Waals surface area contributed by atoms with E-state index in [1.807, 2.05) is 35.9 Å². The van der Waals surface area contributed by atoms with E-state index in [0.29, 0.717) is 17.8 Å². The number of sulfonamides is 1. The van der Waals surface area contributed by atoms with E-state index in [1.165, 1.54) is 36.1 Å². The minimum atomic E-state index is -3.82. The summed E-state index contributed by atoms with van der Waals surface area (Å²) in [7, 11) is -3.82. The molecule has 3 N–H and O–H groups in total. The Kier molecular flexibility index (Phi) is 6.63. The van der Waals surface area contributed by atoms with Crippen molar-refractivity contribution < 1.29 is 22.7 Å². The minimum absolute atomic E-state index is 0.0668. The number of amides is 1. The normalized spacial score (nSPS) is 12.4. The van der Waals surface area contributed by atoms with Crippen molar-refractivity contribution in [3.63, 3.8) is 0 Å². The first-order valence-corrected chi connectivity index (χ1v) is 11.8. The summed E-state index contributed by atoms with van der Waals surface area (Å²) in [5.41, 5.74) is 2.45. The smallest absolute Gasteiger partial charge is 0.340 e. The first-order valence-electron chi connectivity index (χ1n) is 9.40. The molecule has 0 fully saturated rings. The molecule has 0 radical (unpaired) electrons. The molecule has 0 saturated carbocycles. The third-order valence-electron chi connectivity index (χ3n) is 4.79. The number of primary sulfonamides is 1. The largest absolute Gasteiger partial charge is 0.449 e. The van der Waals surface area contributed by atoms with Crippen molar-refractivity contribution >= 4 is 38.9 Å². The topological polar surface area (TPSA) is 120 Å². The molecule has 1 aromatic carbocycles. The SMILES string of the molecule is Cc1cc(C(=O)OC(C)C(=O)Nc2ccc(S(N)(=O)=O)cc2)c(C)n1Cc1cccs1. The molecule has 1 unspecified atom stereocenters. The summed E-state index contributed by atoms with van der Waals surface area (Å²) in [6.45, 7) is 5.89. The summed E-state index contributed by atoms with van der Waals surface area (Å²) in [4.78, 5) is 26.2. The standard InChI is InChI=1S/C21H23N3O5S2/c1-13-11-19(14(2)24(13)12-17-5-4-10-30-17)21(26)29-15(3)20(25)23-16-6-8-18(9-7-16)31(22,27)28/h4-11,15H,12H2,1-3H3,(H,23,25)(H2,22,27,28).